The number of anilines is 2. The maximum absolute atomic E-state index is 12.5. The summed E-state index contributed by atoms with van der Waals surface area (Å²) in [5.41, 5.74) is 4.87. The molecule has 1 saturated heterocycles. The molecule has 9 heteroatoms. The Bertz CT molecular complexity index is 1060. The molecule has 1 unspecified atom stereocenters. The highest BCUT2D eigenvalue weighted by atomic mass is 32.2. The first kappa shape index (κ1) is 22.7. The number of pyridine rings is 1. The van der Waals surface area contributed by atoms with Gasteiger partial charge in [-0.15, -0.1) is 0 Å². The van der Waals surface area contributed by atoms with E-state index >= 15 is 0 Å². The van der Waals surface area contributed by atoms with Crippen molar-refractivity contribution < 1.29 is 13.2 Å². The van der Waals surface area contributed by atoms with Crippen LogP contribution in [0.15, 0.2) is 36.5 Å². The van der Waals surface area contributed by atoms with Crippen LogP contribution in [0.2, 0.25) is 0 Å². The van der Waals surface area contributed by atoms with Crippen LogP contribution in [0.3, 0.4) is 0 Å². The van der Waals surface area contributed by atoms with Gasteiger partial charge in [-0.05, 0) is 61.9 Å². The minimum Gasteiger partial charge on any atom is -0.307 e. The van der Waals surface area contributed by atoms with Crippen molar-refractivity contribution in [2.75, 3.05) is 49.1 Å². The van der Waals surface area contributed by atoms with Gasteiger partial charge in [-0.3, -0.25) is 4.98 Å². The van der Waals surface area contributed by atoms with Crippen LogP contribution in [0, 0.1) is 12.8 Å². The van der Waals surface area contributed by atoms with Crippen LogP contribution in [0.4, 0.5) is 16.2 Å². The van der Waals surface area contributed by atoms with Crippen LogP contribution >= 0.6 is 0 Å². The van der Waals surface area contributed by atoms with Gasteiger partial charge < -0.3 is 15.5 Å². The molecule has 1 aromatic carbocycles. The lowest BCUT2D eigenvalue weighted by atomic mass is 10.1. The molecular weight excluding hydrogens is 426 g/mol. The highest BCUT2D eigenvalue weighted by Crippen LogP contribution is 2.33. The van der Waals surface area contributed by atoms with Crippen LogP contribution in [-0.2, 0) is 22.9 Å². The lowest BCUT2D eigenvalue weighted by Crippen LogP contribution is -2.50. The molecule has 1 aliphatic heterocycles. The van der Waals surface area contributed by atoms with E-state index in [0.29, 0.717) is 24.7 Å². The fourth-order valence-corrected chi connectivity index (χ4v) is 5.63. The lowest BCUT2D eigenvalue weighted by molar-refractivity contribution is 0.166. The summed E-state index contributed by atoms with van der Waals surface area (Å²) in [6.45, 7) is 7.21. The molecule has 0 spiro atoms. The molecule has 172 valence electrons. The Morgan fingerprint density at radius 1 is 1.09 bits per heavy atom. The number of nitrogens with one attached hydrogen (secondary N) is 2. The molecule has 1 aromatic heterocycles. The molecule has 2 aromatic rings. The number of hydrogen-bond donors (Lipinski definition) is 2. The van der Waals surface area contributed by atoms with Crippen molar-refractivity contribution in [2.45, 2.75) is 26.7 Å². The topological polar surface area (TPSA) is 94.6 Å². The molecule has 1 aliphatic carbocycles. The predicted molar refractivity (Wildman–Crippen MR) is 126 cm³/mol. The molecule has 8 nitrogen and oxygen atoms in total. The van der Waals surface area contributed by atoms with Gasteiger partial charge in [-0.25, -0.2) is 13.2 Å². The Kier molecular flexibility index (Phi) is 6.78. The molecule has 2 N–H and O–H groups in total. The van der Waals surface area contributed by atoms with Crippen LogP contribution in [0.1, 0.15) is 23.7 Å². The number of carbonyl (C=O) groups excluding carboxylic acids is 1. The first-order chi connectivity index (χ1) is 15.3. The third-order valence-corrected chi connectivity index (χ3v) is 8.18. The fraction of sp³-hybridized carbons (Fsp3) is 0.478. The quantitative estimate of drug-likeness (QED) is 0.696. The third-order valence-electron chi connectivity index (χ3n) is 6.30. The Morgan fingerprint density at radius 2 is 1.88 bits per heavy atom. The van der Waals surface area contributed by atoms with Crippen molar-refractivity contribution >= 4 is 27.4 Å². The molecule has 0 bridgehead atoms. The smallest absolute Gasteiger partial charge is 0.307 e. The number of fused-ring (bicyclic) bond motifs is 1. The molecule has 0 radical (unpaired) electrons. The lowest BCUT2D eigenvalue weighted by Gasteiger charge is -2.35. The van der Waals surface area contributed by atoms with Crippen LogP contribution in [0.5, 0.6) is 0 Å². The Labute approximate surface area is 190 Å². The average molecular weight is 458 g/mol. The zero-order chi connectivity index (χ0) is 22.7. The summed E-state index contributed by atoms with van der Waals surface area (Å²) in [5.74, 6) is 0.626. The number of aromatic nitrogens is 1. The van der Waals surface area contributed by atoms with Crippen molar-refractivity contribution in [3.8, 4) is 0 Å². The van der Waals surface area contributed by atoms with Gasteiger partial charge in [-0.1, -0.05) is 12.1 Å². The van der Waals surface area contributed by atoms with Gasteiger partial charge in [0.15, 0.2) is 0 Å². The average Bonchev–Trinajstić information content (AvgIpc) is 3.19. The van der Waals surface area contributed by atoms with E-state index < -0.39 is 10.0 Å². The third kappa shape index (κ3) is 5.28. The minimum atomic E-state index is -3.10. The van der Waals surface area contributed by atoms with Gasteiger partial charge in [0, 0.05) is 44.1 Å². The van der Waals surface area contributed by atoms with Crippen LogP contribution in [0.25, 0.3) is 0 Å². The van der Waals surface area contributed by atoms with Gasteiger partial charge >= 0.3 is 6.03 Å². The van der Waals surface area contributed by atoms with Gasteiger partial charge in [0.25, 0.3) is 0 Å². The largest absolute Gasteiger partial charge is 0.323 e. The van der Waals surface area contributed by atoms with Gasteiger partial charge in [0.2, 0.25) is 10.0 Å². The zero-order valence-electron chi connectivity index (χ0n) is 18.7. The monoisotopic (exact) mass is 457 g/mol. The second-order valence-electron chi connectivity index (χ2n) is 8.59. The SMILES string of the molecule is CCS(=O)(=O)N1CCN(CC2Cc3cccc(NC(=O)Nc4ccc(C)nc4)c3C2)CC1. The van der Waals surface area contributed by atoms with Gasteiger partial charge in [-0.2, -0.15) is 4.31 Å². The molecule has 1 atom stereocenters. The van der Waals surface area contributed by atoms with E-state index in [1.807, 2.05) is 31.2 Å². The second-order valence-corrected chi connectivity index (χ2v) is 10.8. The number of hydrogen-bond acceptors (Lipinski definition) is 5. The molecule has 2 heterocycles. The number of nitrogens with zero attached hydrogens (tertiary/aromatic N) is 3. The molecule has 2 aliphatic rings. The van der Waals surface area contributed by atoms with E-state index in [4.69, 9.17) is 0 Å². The van der Waals surface area contributed by atoms with Crippen molar-refractivity contribution in [3.05, 3.63) is 53.3 Å². The normalized spacial score (nSPS) is 19.5. The van der Waals surface area contributed by atoms with Crippen molar-refractivity contribution in [1.82, 2.24) is 14.2 Å². The summed E-state index contributed by atoms with van der Waals surface area (Å²) in [7, 11) is -3.10. The predicted octanol–water partition coefficient (Wildman–Crippen LogP) is 2.72. The fourth-order valence-electron chi connectivity index (χ4n) is 4.55. The summed E-state index contributed by atoms with van der Waals surface area (Å²) in [6, 6.07) is 9.48. The molecular formula is C23H31N5O3S. The van der Waals surface area contributed by atoms with E-state index in [0.717, 1.165) is 43.9 Å². The number of amides is 2. The van der Waals surface area contributed by atoms with E-state index in [9.17, 15) is 13.2 Å². The first-order valence-electron chi connectivity index (χ1n) is 11.2. The summed E-state index contributed by atoms with van der Waals surface area (Å²) in [5, 5.41) is 5.83. The highest BCUT2D eigenvalue weighted by molar-refractivity contribution is 7.89. The molecule has 32 heavy (non-hydrogen) atoms. The number of piperazine rings is 1. The van der Waals surface area contributed by atoms with Gasteiger partial charge in [0.05, 0.1) is 17.6 Å². The van der Waals surface area contributed by atoms with Crippen molar-refractivity contribution in [2.24, 2.45) is 5.92 Å². The Hall–Kier alpha value is -2.49. The second kappa shape index (κ2) is 9.56. The van der Waals surface area contributed by atoms with Crippen molar-refractivity contribution in [1.29, 1.82) is 0 Å². The highest BCUT2D eigenvalue weighted by Gasteiger charge is 2.29. The number of sulfonamides is 1. The maximum Gasteiger partial charge on any atom is 0.323 e. The maximum atomic E-state index is 12.5. The molecule has 2 amide bonds. The van der Waals surface area contributed by atoms with E-state index in [-0.39, 0.29) is 11.8 Å². The summed E-state index contributed by atoms with van der Waals surface area (Å²) >= 11 is 0. The zero-order valence-corrected chi connectivity index (χ0v) is 19.5. The summed E-state index contributed by atoms with van der Waals surface area (Å²) in [6.07, 6.45) is 3.53. The van der Waals surface area contributed by atoms with E-state index in [1.165, 1.54) is 11.1 Å². The molecule has 4 rings (SSSR count). The number of carbonyl (C=O) groups is 1. The Balaban J connectivity index is 1.33. The van der Waals surface area contributed by atoms with Crippen LogP contribution in [-0.4, -0.2) is 67.1 Å². The number of urea groups is 1. The van der Waals surface area contributed by atoms with E-state index in [2.05, 4.69) is 26.6 Å². The Morgan fingerprint density at radius 3 is 2.56 bits per heavy atom. The molecule has 0 saturated carbocycles. The molecule has 1 fully saturated rings. The number of aryl methyl sites for hydroxylation is 1. The standard InChI is InChI=1S/C23H31N5O3S/c1-3-32(30,31)28-11-9-27(10-12-28)16-18-13-19-5-4-6-22(21(19)14-18)26-23(29)25-20-8-7-17(2)24-15-20/h4-8,15,18H,3,9-14,16H2,1-2H3,(H2,25,26,29). The van der Waals surface area contributed by atoms with Crippen molar-refractivity contribution in [3.63, 3.8) is 0 Å². The number of benzene rings is 1. The minimum absolute atomic E-state index is 0.161. The van der Waals surface area contributed by atoms with E-state index in [1.54, 1.807) is 17.4 Å². The summed E-state index contributed by atoms with van der Waals surface area (Å²) < 4.78 is 25.8. The summed E-state index contributed by atoms with van der Waals surface area (Å²) in [4.78, 5) is 19.1. The van der Waals surface area contributed by atoms with Crippen LogP contribution < -0.4 is 10.6 Å². The van der Waals surface area contributed by atoms with Gasteiger partial charge in [0.1, 0.15) is 0 Å². The first-order valence-corrected chi connectivity index (χ1v) is 12.8. The number of rotatable bonds is 6.